The SMILES string of the molecule is CCCNC(COCCC)c1cccc(OC(F)(F)F)c1. The molecule has 1 unspecified atom stereocenters. The van der Waals surface area contributed by atoms with E-state index in [9.17, 15) is 13.2 Å². The molecule has 0 radical (unpaired) electrons. The molecule has 1 aromatic rings. The van der Waals surface area contributed by atoms with Gasteiger partial charge in [0.1, 0.15) is 5.75 Å². The Morgan fingerprint density at radius 3 is 2.57 bits per heavy atom. The summed E-state index contributed by atoms with van der Waals surface area (Å²) in [4.78, 5) is 0. The van der Waals surface area contributed by atoms with Crippen LogP contribution in [-0.4, -0.2) is 26.1 Å². The quantitative estimate of drug-likeness (QED) is 0.698. The number of halogens is 3. The molecule has 0 heterocycles. The Morgan fingerprint density at radius 2 is 1.95 bits per heavy atom. The van der Waals surface area contributed by atoms with Gasteiger partial charge in [-0.05, 0) is 37.1 Å². The third kappa shape index (κ3) is 7.34. The lowest BCUT2D eigenvalue weighted by Crippen LogP contribution is -2.26. The zero-order chi connectivity index (χ0) is 15.7. The van der Waals surface area contributed by atoms with E-state index >= 15 is 0 Å². The summed E-state index contributed by atoms with van der Waals surface area (Å²) in [6, 6.07) is 5.87. The zero-order valence-corrected chi connectivity index (χ0v) is 12.4. The number of hydrogen-bond acceptors (Lipinski definition) is 3. The van der Waals surface area contributed by atoms with Gasteiger partial charge in [0, 0.05) is 6.61 Å². The van der Waals surface area contributed by atoms with Gasteiger partial charge in [0.15, 0.2) is 0 Å². The Morgan fingerprint density at radius 1 is 1.19 bits per heavy atom. The number of hydrogen-bond donors (Lipinski definition) is 1. The normalized spacial score (nSPS) is 13.2. The molecule has 0 aliphatic heterocycles. The van der Waals surface area contributed by atoms with Gasteiger partial charge in [-0.3, -0.25) is 0 Å². The maximum atomic E-state index is 12.3. The van der Waals surface area contributed by atoms with Crippen molar-refractivity contribution in [2.45, 2.75) is 39.1 Å². The van der Waals surface area contributed by atoms with Crippen molar-refractivity contribution in [3.8, 4) is 5.75 Å². The van der Waals surface area contributed by atoms with Crippen LogP contribution in [0.4, 0.5) is 13.2 Å². The largest absolute Gasteiger partial charge is 0.573 e. The Kier molecular flexibility index (Phi) is 7.53. The van der Waals surface area contributed by atoms with E-state index in [-0.39, 0.29) is 11.8 Å². The summed E-state index contributed by atoms with van der Waals surface area (Å²) < 4.78 is 46.3. The van der Waals surface area contributed by atoms with E-state index in [1.807, 2.05) is 13.8 Å². The minimum atomic E-state index is -4.68. The first kappa shape index (κ1) is 17.8. The van der Waals surface area contributed by atoms with Crippen LogP contribution in [0.5, 0.6) is 5.75 Å². The monoisotopic (exact) mass is 305 g/mol. The molecule has 0 fully saturated rings. The summed E-state index contributed by atoms with van der Waals surface area (Å²) in [5, 5.41) is 3.27. The van der Waals surface area contributed by atoms with E-state index < -0.39 is 6.36 Å². The zero-order valence-electron chi connectivity index (χ0n) is 12.4. The standard InChI is InChI=1S/C15H22F3NO2/c1-3-8-19-14(11-20-9-4-2)12-6-5-7-13(10-12)21-15(16,17)18/h5-7,10,14,19H,3-4,8-9,11H2,1-2H3. The van der Waals surface area contributed by atoms with Gasteiger partial charge >= 0.3 is 6.36 Å². The predicted molar refractivity (Wildman–Crippen MR) is 75.3 cm³/mol. The first-order chi connectivity index (χ1) is 9.96. The van der Waals surface area contributed by atoms with Gasteiger partial charge in [-0.1, -0.05) is 26.0 Å². The summed E-state index contributed by atoms with van der Waals surface area (Å²) in [6.45, 7) is 5.85. The van der Waals surface area contributed by atoms with Crippen molar-refractivity contribution in [2.75, 3.05) is 19.8 Å². The predicted octanol–water partition coefficient (Wildman–Crippen LogP) is 4.05. The summed E-state index contributed by atoms with van der Waals surface area (Å²) in [5.41, 5.74) is 0.723. The highest BCUT2D eigenvalue weighted by molar-refractivity contribution is 5.30. The van der Waals surface area contributed by atoms with Gasteiger partial charge in [-0.15, -0.1) is 13.2 Å². The van der Waals surface area contributed by atoms with Gasteiger partial charge in [-0.2, -0.15) is 0 Å². The van der Waals surface area contributed by atoms with Crippen LogP contribution >= 0.6 is 0 Å². The van der Waals surface area contributed by atoms with Crippen molar-refractivity contribution >= 4 is 0 Å². The number of ether oxygens (including phenoxy) is 2. The van der Waals surface area contributed by atoms with Gasteiger partial charge in [0.05, 0.1) is 12.6 Å². The van der Waals surface area contributed by atoms with Crippen LogP contribution in [0.3, 0.4) is 0 Å². The van der Waals surface area contributed by atoms with E-state index in [1.54, 1.807) is 12.1 Å². The molecule has 0 aliphatic rings. The lowest BCUT2D eigenvalue weighted by molar-refractivity contribution is -0.274. The van der Waals surface area contributed by atoms with Crippen LogP contribution in [0.25, 0.3) is 0 Å². The molecular formula is C15H22F3NO2. The van der Waals surface area contributed by atoms with Crippen LogP contribution < -0.4 is 10.1 Å². The molecule has 0 saturated carbocycles. The van der Waals surface area contributed by atoms with Crippen LogP contribution in [0.15, 0.2) is 24.3 Å². The van der Waals surface area contributed by atoms with Crippen LogP contribution in [0, 0.1) is 0 Å². The summed E-state index contributed by atoms with van der Waals surface area (Å²) in [5.74, 6) is -0.209. The summed E-state index contributed by atoms with van der Waals surface area (Å²) >= 11 is 0. The topological polar surface area (TPSA) is 30.5 Å². The molecule has 1 rings (SSSR count). The first-order valence-corrected chi connectivity index (χ1v) is 7.13. The van der Waals surface area contributed by atoms with Crippen LogP contribution in [-0.2, 0) is 4.74 Å². The molecule has 21 heavy (non-hydrogen) atoms. The molecule has 1 atom stereocenters. The highest BCUT2D eigenvalue weighted by Crippen LogP contribution is 2.25. The maximum absolute atomic E-state index is 12.3. The molecule has 1 N–H and O–H groups in total. The van der Waals surface area contributed by atoms with Crippen molar-refractivity contribution in [1.82, 2.24) is 5.32 Å². The smallest absolute Gasteiger partial charge is 0.406 e. The Balaban J connectivity index is 2.77. The number of nitrogens with one attached hydrogen (secondary N) is 1. The average Bonchev–Trinajstić information content (AvgIpc) is 2.41. The fraction of sp³-hybridized carbons (Fsp3) is 0.600. The van der Waals surface area contributed by atoms with Crippen LogP contribution in [0.1, 0.15) is 38.3 Å². The van der Waals surface area contributed by atoms with Crippen LogP contribution in [0.2, 0.25) is 0 Å². The second-order valence-electron chi connectivity index (χ2n) is 4.70. The molecule has 6 heteroatoms. The van der Waals surface area contributed by atoms with E-state index in [0.717, 1.165) is 24.9 Å². The van der Waals surface area contributed by atoms with E-state index in [0.29, 0.717) is 13.2 Å². The highest BCUT2D eigenvalue weighted by atomic mass is 19.4. The second-order valence-corrected chi connectivity index (χ2v) is 4.70. The molecule has 0 aromatic heterocycles. The maximum Gasteiger partial charge on any atom is 0.573 e. The lowest BCUT2D eigenvalue weighted by Gasteiger charge is -2.20. The molecule has 0 saturated heterocycles. The highest BCUT2D eigenvalue weighted by Gasteiger charge is 2.31. The molecule has 1 aromatic carbocycles. The van der Waals surface area contributed by atoms with Crippen molar-refractivity contribution in [2.24, 2.45) is 0 Å². The summed E-state index contributed by atoms with van der Waals surface area (Å²) in [6.07, 6.45) is -2.84. The van der Waals surface area contributed by atoms with Crippen molar-refractivity contribution in [1.29, 1.82) is 0 Å². The molecule has 0 aliphatic carbocycles. The molecule has 3 nitrogen and oxygen atoms in total. The minimum absolute atomic E-state index is 0.145. The van der Waals surface area contributed by atoms with E-state index in [1.165, 1.54) is 12.1 Å². The summed E-state index contributed by atoms with van der Waals surface area (Å²) in [7, 11) is 0. The third-order valence-electron chi connectivity index (χ3n) is 2.77. The lowest BCUT2D eigenvalue weighted by atomic mass is 10.1. The molecular weight excluding hydrogens is 283 g/mol. The fourth-order valence-electron chi connectivity index (χ4n) is 1.87. The van der Waals surface area contributed by atoms with Gasteiger partial charge in [0.2, 0.25) is 0 Å². The van der Waals surface area contributed by atoms with E-state index in [4.69, 9.17) is 4.74 Å². The Hall–Kier alpha value is -1.27. The second kappa shape index (κ2) is 8.89. The fourth-order valence-corrected chi connectivity index (χ4v) is 1.87. The van der Waals surface area contributed by atoms with Crippen molar-refractivity contribution < 1.29 is 22.6 Å². The Labute approximate surface area is 123 Å². The molecule has 0 amide bonds. The minimum Gasteiger partial charge on any atom is -0.406 e. The average molecular weight is 305 g/mol. The molecule has 0 bridgehead atoms. The van der Waals surface area contributed by atoms with Crippen molar-refractivity contribution in [3.05, 3.63) is 29.8 Å². The third-order valence-corrected chi connectivity index (χ3v) is 2.77. The number of alkyl halides is 3. The molecule has 120 valence electrons. The van der Waals surface area contributed by atoms with Gasteiger partial charge in [0.25, 0.3) is 0 Å². The van der Waals surface area contributed by atoms with Crippen molar-refractivity contribution in [3.63, 3.8) is 0 Å². The first-order valence-electron chi connectivity index (χ1n) is 7.13. The number of rotatable bonds is 9. The molecule has 0 spiro atoms. The van der Waals surface area contributed by atoms with E-state index in [2.05, 4.69) is 10.1 Å². The Bertz CT molecular complexity index is 410. The van der Waals surface area contributed by atoms with Gasteiger partial charge in [-0.25, -0.2) is 0 Å². The number of benzene rings is 1. The van der Waals surface area contributed by atoms with Gasteiger partial charge < -0.3 is 14.8 Å².